The lowest BCUT2D eigenvalue weighted by molar-refractivity contribution is 0.370. The zero-order valence-electron chi connectivity index (χ0n) is 7.48. The summed E-state index contributed by atoms with van der Waals surface area (Å²) in [5.41, 5.74) is -0.349. The van der Waals surface area contributed by atoms with E-state index < -0.39 is 5.63 Å². The van der Waals surface area contributed by atoms with E-state index in [0.717, 1.165) is 0 Å². The molecule has 0 radical (unpaired) electrons. The average Bonchev–Trinajstić information content (AvgIpc) is 2.20. The van der Waals surface area contributed by atoms with Gasteiger partial charge in [-0.25, -0.2) is 4.79 Å². The van der Waals surface area contributed by atoms with Crippen molar-refractivity contribution in [1.29, 1.82) is 0 Å². The molecule has 1 N–H and O–H groups in total. The van der Waals surface area contributed by atoms with Gasteiger partial charge in [0.05, 0.1) is 7.11 Å². The van der Waals surface area contributed by atoms with Crippen LogP contribution in [0, 0.1) is 0 Å². The zero-order valence-corrected chi connectivity index (χ0v) is 7.48. The second-order valence-corrected chi connectivity index (χ2v) is 2.79. The first-order chi connectivity index (χ1) is 6.72. The van der Waals surface area contributed by atoms with E-state index in [1.165, 1.54) is 13.2 Å². The smallest absolute Gasteiger partial charge is 0.336 e. The van der Waals surface area contributed by atoms with Crippen LogP contribution in [0.2, 0.25) is 0 Å². The van der Waals surface area contributed by atoms with Crippen LogP contribution in [0.4, 0.5) is 0 Å². The number of ether oxygens (including phenoxy) is 1. The van der Waals surface area contributed by atoms with E-state index in [1.54, 1.807) is 18.2 Å². The number of phenols is 1. The van der Waals surface area contributed by atoms with Gasteiger partial charge in [-0.2, -0.15) is 0 Å². The van der Waals surface area contributed by atoms with Crippen molar-refractivity contribution in [2.24, 2.45) is 0 Å². The molecule has 1 heterocycles. The summed E-state index contributed by atoms with van der Waals surface area (Å²) < 4.78 is 9.73. The standard InChI is InChI=1S/C10H8O4/c1-13-7-4-2-6-3-5-8(11)14-10(6)9(7)12/h2-5,12H,1H3. The van der Waals surface area contributed by atoms with Crippen LogP contribution in [0.15, 0.2) is 33.5 Å². The highest BCUT2D eigenvalue weighted by molar-refractivity contribution is 5.84. The van der Waals surface area contributed by atoms with Crippen molar-refractivity contribution in [3.63, 3.8) is 0 Å². The molecule has 1 aromatic heterocycles. The maximum absolute atomic E-state index is 10.9. The zero-order chi connectivity index (χ0) is 10.1. The van der Waals surface area contributed by atoms with Crippen LogP contribution in [0.1, 0.15) is 0 Å². The fraction of sp³-hybridized carbons (Fsp3) is 0.100. The maximum Gasteiger partial charge on any atom is 0.336 e. The van der Waals surface area contributed by atoms with Crippen molar-refractivity contribution in [2.75, 3.05) is 7.11 Å². The first-order valence-corrected chi connectivity index (χ1v) is 4.02. The van der Waals surface area contributed by atoms with Crippen LogP contribution in [-0.4, -0.2) is 12.2 Å². The molecule has 2 aromatic rings. The predicted octanol–water partition coefficient (Wildman–Crippen LogP) is 1.51. The molecule has 0 aliphatic carbocycles. The second-order valence-electron chi connectivity index (χ2n) is 2.79. The molecule has 2 rings (SSSR count). The SMILES string of the molecule is COc1ccc2ccc(=O)oc2c1O. The number of hydrogen-bond donors (Lipinski definition) is 1. The van der Waals surface area contributed by atoms with Crippen molar-refractivity contribution < 1.29 is 14.3 Å². The molecule has 0 saturated carbocycles. The fourth-order valence-electron chi connectivity index (χ4n) is 1.26. The fourth-order valence-corrected chi connectivity index (χ4v) is 1.26. The minimum absolute atomic E-state index is 0.150. The molecule has 0 atom stereocenters. The molecule has 14 heavy (non-hydrogen) atoms. The highest BCUT2D eigenvalue weighted by Gasteiger charge is 2.08. The maximum atomic E-state index is 10.9. The van der Waals surface area contributed by atoms with Crippen LogP contribution in [0.5, 0.6) is 11.5 Å². The van der Waals surface area contributed by atoms with Gasteiger partial charge in [-0.15, -0.1) is 0 Å². The molecule has 1 aromatic carbocycles. The Morgan fingerprint density at radius 3 is 2.71 bits per heavy atom. The number of benzene rings is 1. The highest BCUT2D eigenvalue weighted by Crippen LogP contribution is 2.32. The number of methoxy groups -OCH3 is 1. The highest BCUT2D eigenvalue weighted by atomic mass is 16.5. The lowest BCUT2D eigenvalue weighted by atomic mass is 10.2. The Kier molecular flexibility index (Phi) is 1.89. The molecule has 72 valence electrons. The summed E-state index contributed by atoms with van der Waals surface area (Å²) in [6.45, 7) is 0. The van der Waals surface area contributed by atoms with Crippen molar-refractivity contribution in [2.45, 2.75) is 0 Å². The monoisotopic (exact) mass is 192 g/mol. The van der Waals surface area contributed by atoms with E-state index >= 15 is 0 Å². The van der Waals surface area contributed by atoms with E-state index in [1.807, 2.05) is 0 Å². The van der Waals surface area contributed by atoms with Gasteiger partial charge in [-0.1, -0.05) is 0 Å². The lowest BCUT2D eigenvalue weighted by Crippen LogP contribution is -1.95. The molecule has 0 bridgehead atoms. The molecule has 0 saturated heterocycles. The number of hydrogen-bond acceptors (Lipinski definition) is 4. The Balaban J connectivity index is 2.86. The van der Waals surface area contributed by atoms with E-state index in [4.69, 9.17) is 9.15 Å². The Bertz CT molecular complexity index is 527. The molecule has 0 fully saturated rings. The third-order valence-corrected chi connectivity index (χ3v) is 1.95. The summed E-state index contributed by atoms with van der Waals surface area (Å²) in [4.78, 5) is 10.9. The summed E-state index contributed by atoms with van der Waals surface area (Å²) >= 11 is 0. The summed E-state index contributed by atoms with van der Waals surface area (Å²) in [5.74, 6) is 0.134. The Labute approximate surface area is 79.4 Å². The molecule has 4 heteroatoms. The molecule has 4 nitrogen and oxygen atoms in total. The number of fused-ring (bicyclic) bond motifs is 1. The Morgan fingerprint density at radius 1 is 1.29 bits per heavy atom. The van der Waals surface area contributed by atoms with Gasteiger partial charge in [0.2, 0.25) is 5.75 Å². The third kappa shape index (κ3) is 1.21. The second kappa shape index (κ2) is 3.06. The molecule has 0 spiro atoms. The Hall–Kier alpha value is -1.97. The van der Waals surface area contributed by atoms with Crippen LogP contribution < -0.4 is 10.4 Å². The predicted molar refractivity (Wildman–Crippen MR) is 50.7 cm³/mol. The molecule has 0 amide bonds. The Morgan fingerprint density at radius 2 is 2.00 bits per heavy atom. The van der Waals surface area contributed by atoms with E-state index in [2.05, 4.69) is 0 Å². The van der Waals surface area contributed by atoms with Gasteiger partial charge in [-0.3, -0.25) is 0 Å². The number of rotatable bonds is 1. The quantitative estimate of drug-likeness (QED) is 0.695. The van der Waals surface area contributed by atoms with Gasteiger partial charge in [-0.05, 0) is 18.2 Å². The van der Waals surface area contributed by atoms with Crippen LogP contribution >= 0.6 is 0 Å². The average molecular weight is 192 g/mol. The first-order valence-electron chi connectivity index (χ1n) is 4.02. The van der Waals surface area contributed by atoms with Gasteiger partial charge in [0.1, 0.15) is 0 Å². The molecule has 0 aliphatic heterocycles. The lowest BCUT2D eigenvalue weighted by Gasteiger charge is -2.04. The summed E-state index contributed by atoms with van der Waals surface area (Å²) in [7, 11) is 1.43. The minimum Gasteiger partial charge on any atom is -0.502 e. The topological polar surface area (TPSA) is 59.7 Å². The van der Waals surface area contributed by atoms with Crippen LogP contribution in [0.3, 0.4) is 0 Å². The molecule has 0 aliphatic rings. The van der Waals surface area contributed by atoms with Crippen LogP contribution in [0.25, 0.3) is 11.0 Å². The number of aromatic hydroxyl groups is 1. The van der Waals surface area contributed by atoms with Gasteiger partial charge in [0.25, 0.3) is 0 Å². The number of phenolic OH excluding ortho intramolecular Hbond substituents is 1. The van der Waals surface area contributed by atoms with Crippen molar-refractivity contribution in [1.82, 2.24) is 0 Å². The largest absolute Gasteiger partial charge is 0.502 e. The minimum atomic E-state index is -0.499. The van der Waals surface area contributed by atoms with E-state index in [-0.39, 0.29) is 17.1 Å². The first kappa shape index (κ1) is 8.62. The van der Waals surface area contributed by atoms with Crippen molar-refractivity contribution in [3.8, 4) is 11.5 Å². The third-order valence-electron chi connectivity index (χ3n) is 1.95. The summed E-state index contributed by atoms with van der Waals surface area (Å²) in [5, 5.41) is 10.3. The molecule has 0 unspecified atom stereocenters. The summed E-state index contributed by atoms with van der Waals surface area (Å²) in [6, 6.07) is 6.20. The summed E-state index contributed by atoms with van der Waals surface area (Å²) in [6.07, 6.45) is 0. The van der Waals surface area contributed by atoms with Crippen molar-refractivity contribution >= 4 is 11.0 Å². The van der Waals surface area contributed by atoms with E-state index in [9.17, 15) is 9.90 Å². The normalized spacial score (nSPS) is 10.4. The van der Waals surface area contributed by atoms with Gasteiger partial charge in [0, 0.05) is 11.5 Å². The molecular formula is C10H8O4. The molecular weight excluding hydrogens is 184 g/mol. The van der Waals surface area contributed by atoms with Gasteiger partial charge in [0.15, 0.2) is 11.3 Å². The van der Waals surface area contributed by atoms with Gasteiger partial charge < -0.3 is 14.3 Å². The van der Waals surface area contributed by atoms with Crippen LogP contribution in [-0.2, 0) is 0 Å². The van der Waals surface area contributed by atoms with Crippen molar-refractivity contribution in [3.05, 3.63) is 34.7 Å². The van der Waals surface area contributed by atoms with E-state index in [0.29, 0.717) is 5.39 Å². The van der Waals surface area contributed by atoms with Gasteiger partial charge >= 0.3 is 5.63 Å².